The third kappa shape index (κ3) is 4.41. The SMILES string of the molecule is COCCCNC(=O)c1[nH]c2cc(C)ccc2c1Sc1ccc(Cl)cc1. The predicted octanol–water partition coefficient (Wildman–Crippen LogP) is 5.05. The van der Waals surface area contributed by atoms with Crippen LogP contribution in [0.2, 0.25) is 5.02 Å². The molecule has 3 rings (SSSR count). The monoisotopic (exact) mass is 388 g/mol. The van der Waals surface area contributed by atoms with Crippen molar-refractivity contribution in [2.75, 3.05) is 20.3 Å². The van der Waals surface area contributed by atoms with E-state index in [9.17, 15) is 4.79 Å². The number of H-pyrrole nitrogens is 1. The molecule has 1 amide bonds. The minimum absolute atomic E-state index is 0.105. The molecular weight excluding hydrogens is 368 g/mol. The Labute approximate surface area is 162 Å². The van der Waals surface area contributed by atoms with Gasteiger partial charge in [-0.2, -0.15) is 0 Å². The maximum atomic E-state index is 12.7. The molecule has 0 saturated carbocycles. The van der Waals surface area contributed by atoms with E-state index in [4.69, 9.17) is 16.3 Å². The molecule has 4 nitrogen and oxygen atoms in total. The summed E-state index contributed by atoms with van der Waals surface area (Å²) in [6, 6.07) is 13.8. The number of ether oxygens (including phenoxy) is 1. The van der Waals surface area contributed by atoms with Gasteiger partial charge in [-0.05, 0) is 49.2 Å². The molecule has 3 aromatic rings. The minimum Gasteiger partial charge on any atom is -0.385 e. The van der Waals surface area contributed by atoms with Gasteiger partial charge in [0, 0.05) is 41.1 Å². The first-order valence-corrected chi connectivity index (χ1v) is 9.61. The Bertz CT molecular complexity index is 906. The van der Waals surface area contributed by atoms with Crippen molar-refractivity contribution in [2.24, 2.45) is 0 Å². The van der Waals surface area contributed by atoms with Crippen molar-refractivity contribution in [1.29, 1.82) is 0 Å². The Kier molecular flexibility index (Phi) is 6.25. The van der Waals surface area contributed by atoms with E-state index in [1.807, 2.05) is 31.2 Å². The van der Waals surface area contributed by atoms with Gasteiger partial charge in [0.15, 0.2) is 0 Å². The molecule has 0 unspecified atom stereocenters. The lowest BCUT2D eigenvalue weighted by atomic mass is 10.2. The molecule has 0 aliphatic carbocycles. The topological polar surface area (TPSA) is 54.1 Å². The maximum Gasteiger partial charge on any atom is 0.268 e. The maximum absolute atomic E-state index is 12.7. The number of halogens is 1. The number of aromatic amines is 1. The van der Waals surface area contributed by atoms with Gasteiger partial charge in [-0.25, -0.2) is 0 Å². The zero-order chi connectivity index (χ0) is 18.5. The van der Waals surface area contributed by atoms with Crippen LogP contribution in [0.3, 0.4) is 0 Å². The number of amides is 1. The fourth-order valence-corrected chi connectivity index (χ4v) is 3.85. The second-order valence-electron chi connectivity index (χ2n) is 6.04. The molecule has 0 radical (unpaired) electrons. The highest BCUT2D eigenvalue weighted by atomic mass is 35.5. The number of aryl methyl sites for hydroxylation is 1. The van der Waals surface area contributed by atoms with Gasteiger partial charge in [-0.15, -0.1) is 0 Å². The summed E-state index contributed by atoms with van der Waals surface area (Å²) < 4.78 is 5.03. The van der Waals surface area contributed by atoms with Crippen molar-refractivity contribution < 1.29 is 9.53 Å². The van der Waals surface area contributed by atoms with Gasteiger partial charge in [0.1, 0.15) is 5.69 Å². The van der Waals surface area contributed by atoms with Gasteiger partial charge < -0.3 is 15.0 Å². The first-order chi connectivity index (χ1) is 12.6. The number of hydrogen-bond acceptors (Lipinski definition) is 3. The zero-order valence-electron chi connectivity index (χ0n) is 14.8. The molecule has 2 N–H and O–H groups in total. The van der Waals surface area contributed by atoms with Crippen molar-refractivity contribution in [3.8, 4) is 0 Å². The van der Waals surface area contributed by atoms with Crippen molar-refractivity contribution in [2.45, 2.75) is 23.1 Å². The summed E-state index contributed by atoms with van der Waals surface area (Å²) in [5.41, 5.74) is 2.69. The molecule has 0 spiro atoms. The van der Waals surface area contributed by atoms with Crippen LogP contribution in [0.15, 0.2) is 52.3 Å². The second kappa shape index (κ2) is 8.62. The first kappa shape index (κ1) is 18.8. The van der Waals surface area contributed by atoms with E-state index in [1.54, 1.807) is 18.9 Å². The molecule has 26 heavy (non-hydrogen) atoms. The van der Waals surface area contributed by atoms with E-state index in [1.165, 1.54) is 0 Å². The lowest BCUT2D eigenvalue weighted by Crippen LogP contribution is -2.26. The largest absolute Gasteiger partial charge is 0.385 e. The van der Waals surface area contributed by atoms with Crippen LogP contribution < -0.4 is 5.32 Å². The third-order valence-electron chi connectivity index (χ3n) is 3.98. The number of benzene rings is 2. The fraction of sp³-hybridized carbons (Fsp3) is 0.250. The van der Waals surface area contributed by atoms with Crippen molar-refractivity contribution >= 4 is 40.2 Å². The lowest BCUT2D eigenvalue weighted by molar-refractivity contribution is 0.0941. The van der Waals surface area contributed by atoms with Gasteiger partial charge in [0.05, 0.1) is 4.90 Å². The molecule has 1 heterocycles. The number of rotatable bonds is 7. The average Bonchev–Trinajstić information content (AvgIpc) is 2.98. The summed E-state index contributed by atoms with van der Waals surface area (Å²) in [5.74, 6) is -0.105. The number of aromatic nitrogens is 1. The van der Waals surface area contributed by atoms with Gasteiger partial charge in [0.25, 0.3) is 5.91 Å². The standard InChI is InChI=1S/C20H21ClN2O2S/c1-13-4-9-16-17(12-13)23-18(20(24)22-10-3-11-25-2)19(16)26-15-7-5-14(21)6-8-15/h4-9,12,23H,3,10-11H2,1-2H3,(H,22,24). The Morgan fingerprint density at radius 1 is 1.23 bits per heavy atom. The highest BCUT2D eigenvalue weighted by Crippen LogP contribution is 2.37. The Morgan fingerprint density at radius 2 is 2.00 bits per heavy atom. The molecule has 136 valence electrons. The molecule has 0 aliphatic rings. The number of nitrogens with one attached hydrogen (secondary N) is 2. The number of carbonyl (C=O) groups is 1. The van der Waals surface area contributed by atoms with Crippen LogP contribution in [0.1, 0.15) is 22.5 Å². The summed E-state index contributed by atoms with van der Waals surface area (Å²) in [6.45, 7) is 3.24. The molecule has 0 atom stereocenters. The van der Waals surface area contributed by atoms with E-state index in [0.717, 1.165) is 32.7 Å². The molecule has 6 heteroatoms. The third-order valence-corrected chi connectivity index (χ3v) is 5.37. The Hall–Kier alpha value is -1.95. The van der Waals surface area contributed by atoms with Crippen LogP contribution in [0.5, 0.6) is 0 Å². The van der Waals surface area contributed by atoms with Crippen LogP contribution in [-0.2, 0) is 4.74 Å². The van der Waals surface area contributed by atoms with E-state index in [2.05, 4.69) is 28.5 Å². The van der Waals surface area contributed by atoms with Crippen molar-refractivity contribution in [3.05, 3.63) is 58.7 Å². The van der Waals surface area contributed by atoms with E-state index >= 15 is 0 Å². The quantitative estimate of drug-likeness (QED) is 0.557. The molecule has 1 aromatic heterocycles. The first-order valence-electron chi connectivity index (χ1n) is 8.41. The van der Waals surface area contributed by atoms with Crippen LogP contribution in [0, 0.1) is 6.92 Å². The Balaban J connectivity index is 1.92. The highest BCUT2D eigenvalue weighted by molar-refractivity contribution is 7.99. The second-order valence-corrected chi connectivity index (χ2v) is 7.56. The molecule has 2 aromatic carbocycles. The van der Waals surface area contributed by atoms with E-state index in [0.29, 0.717) is 23.9 Å². The van der Waals surface area contributed by atoms with E-state index < -0.39 is 0 Å². The van der Waals surface area contributed by atoms with Gasteiger partial charge >= 0.3 is 0 Å². The van der Waals surface area contributed by atoms with Gasteiger partial charge in [0.2, 0.25) is 0 Å². The number of carbonyl (C=O) groups excluding carboxylic acids is 1. The van der Waals surface area contributed by atoms with Crippen molar-refractivity contribution in [1.82, 2.24) is 10.3 Å². The van der Waals surface area contributed by atoms with Gasteiger partial charge in [-0.1, -0.05) is 35.5 Å². The summed E-state index contributed by atoms with van der Waals surface area (Å²) in [5, 5.41) is 4.69. The molecule has 0 aliphatic heterocycles. The van der Waals surface area contributed by atoms with Crippen LogP contribution >= 0.6 is 23.4 Å². The normalized spacial score (nSPS) is 11.0. The van der Waals surface area contributed by atoms with Gasteiger partial charge in [-0.3, -0.25) is 4.79 Å². The summed E-state index contributed by atoms with van der Waals surface area (Å²) in [7, 11) is 1.66. The highest BCUT2D eigenvalue weighted by Gasteiger charge is 2.18. The fourth-order valence-electron chi connectivity index (χ4n) is 2.68. The molecule has 0 saturated heterocycles. The lowest BCUT2D eigenvalue weighted by Gasteiger charge is -2.07. The number of hydrogen-bond donors (Lipinski definition) is 2. The summed E-state index contributed by atoms with van der Waals surface area (Å²) in [4.78, 5) is 18.0. The number of methoxy groups -OCH3 is 1. The van der Waals surface area contributed by atoms with Crippen LogP contribution in [0.4, 0.5) is 0 Å². The van der Waals surface area contributed by atoms with Crippen LogP contribution in [0.25, 0.3) is 10.9 Å². The Morgan fingerprint density at radius 3 is 2.73 bits per heavy atom. The average molecular weight is 389 g/mol. The van der Waals surface area contributed by atoms with Crippen molar-refractivity contribution in [3.63, 3.8) is 0 Å². The predicted molar refractivity (Wildman–Crippen MR) is 107 cm³/mol. The summed E-state index contributed by atoms with van der Waals surface area (Å²) >= 11 is 7.54. The molecular formula is C20H21ClN2O2S. The zero-order valence-corrected chi connectivity index (χ0v) is 16.3. The minimum atomic E-state index is -0.105. The van der Waals surface area contributed by atoms with Crippen LogP contribution in [-0.4, -0.2) is 31.2 Å². The molecule has 0 fully saturated rings. The molecule has 0 bridgehead atoms. The number of fused-ring (bicyclic) bond motifs is 1. The summed E-state index contributed by atoms with van der Waals surface area (Å²) in [6.07, 6.45) is 0.779. The smallest absolute Gasteiger partial charge is 0.268 e. The van der Waals surface area contributed by atoms with E-state index in [-0.39, 0.29) is 5.91 Å².